The van der Waals surface area contributed by atoms with E-state index in [0.29, 0.717) is 5.92 Å². The van der Waals surface area contributed by atoms with E-state index in [1.807, 2.05) is 21.7 Å². The molecule has 1 amide bonds. The molecule has 1 aromatic heterocycles. The molecule has 2 fully saturated rings. The Morgan fingerprint density at radius 1 is 1.20 bits per heavy atom. The van der Waals surface area contributed by atoms with Crippen LogP contribution in [0.15, 0.2) is 47.2 Å². The fourth-order valence-corrected chi connectivity index (χ4v) is 4.92. The highest BCUT2D eigenvalue weighted by molar-refractivity contribution is 7.08. The van der Waals surface area contributed by atoms with Crippen LogP contribution < -0.4 is 0 Å². The minimum absolute atomic E-state index is 0.0108. The zero-order chi connectivity index (χ0) is 17.1. The van der Waals surface area contributed by atoms with Crippen LogP contribution >= 0.6 is 11.3 Å². The number of carbonyl (C=O) groups excluding carboxylic acids is 1. The summed E-state index contributed by atoms with van der Waals surface area (Å²) in [4.78, 5) is 14.5. The van der Waals surface area contributed by atoms with Crippen molar-refractivity contribution in [2.45, 2.75) is 37.7 Å². The first-order valence-corrected chi connectivity index (χ1v) is 10.2. The molecule has 4 rings (SSSR count). The lowest BCUT2D eigenvalue weighted by atomic mass is 9.77. The molecule has 3 heterocycles. The second-order valence-corrected chi connectivity index (χ2v) is 8.16. The van der Waals surface area contributed by atoms with Gasteiger partial charge in [0.1, 0.15) is 0 Å². The summed E-state index contributed by atoms with van der Waals surface area (Å²) in [5, 5.41) is 3.91. The Labute approximate surface area is 153 Å². The van der Waals surface area contributed by atoms with Gasteiger partial charge in [0.05, 0.1) is 11.2 Å². The van der Waals surface area contributed by atoms with Gasteiger partial charge in [-0.25, -0.2) is 0 Å². The van der Waals surface area contributed by atoms with E-state index >= 15 is 0 Å². The monoisotopic (exact) mass is 355 g/mol. The van der Waals surface area contributed by atoms with Gasteiger partial charge in [-0.15, -0.1) is 0 Å². The van der Waals surface area contributed by atoms with Crippen LogP contribution in [0.1, 0.15) is 41.6 Å². The summed E-state index contributed by atoms with van der Waals surface area (Å²) in [6, 6.07) is 12.7. The SMILES string of the molecule is O=C(c1ccsc1)N1CCC2(CC1)CC(Cc1ccccc1)CCO2. The van der Waals surface area contributed by atoms with E-state index in [0.717, 1.165) is 57.4 Å². The van der Waals surface area contributed by atoms with Gasteiger partial charge in [0.25, 0.3) is 5.91 Å². The van der Waals surface area contributed by atoms with Gasteiger partial charge in [0.2, 0.25) is 0 Å². The van der Waals surface area contributed by atoms with Gasteiger partial charge in [0.15, 0.2) is 0 Å². The first kappa shape index (κ1) is 16.8. The molecule has 0 saturated carbocycles. The van der Waals surface area contributed by atoms with Crippen molar-refractivity contribution in [2.24, 2.45) is 5.92 Å². The highest BCUT2D eigenvalue weighted by atomic mass is 32.1. The maximum atomic E-state index is 12.5. The number of hydrogen-bond donors (Lipinski definition) is 0. The molecule has 3 nitrogen and oxygen atoms in total. The Hall–Kier alpha value is -1.65. The second-order valence-electron chi connectivity index (χ2n) is 7.38. The number of ether oxygens (including phenoxy) is 1. The van der Waals surface area contributed by atoms with Crippen molar-refractivity contribution < 1.29 is 9.53 Å². The number of hydrogen-bond acceptors (Lipinski definition) is 3. The fourth-order valence-electron chi connectivity index (χ4n) is 4.29. The molecule has 0 N–H and O–H groups in total. The Morgan fingerprint density at radius 2 is 2.00 bits per heavy atom. The standard InChI is InChI=1S/C21H25NO2S/c23-20(19-7-13-25-16-19)22-10-8-21(9-11-22)15-18(6-12-24-21)14-17-4-2-1-3-5-17/h1-5,7,13,16,18H,6,8-12,14-15H2. The van der Waals surface area contributed by atoms with Gasteiger partial charge < -0.3 is 9.64 Å². The number of thiophene rings is 1. The lowest BCUT2D eigenvalue weighted by Gasteiger charge is -2.46. The normalized spacial score (nSPS) is 22.9. The van der Waals surface area contributed by atoms with Crippen LogP contribution in [-0.2, 0) is 11.2 Å². The third kappa shape index (κ3) is 3.80. The second kappa shape index (κ2) is 7.30. The molecule has 0 radical (unpaired) electrons. The molecule has 1 atom stereocenters. The molecule has 2 aliphatic heterocycles. The summed E-state index contributed by atoms with van der Waals surface area (Å²) in [5.41, 5.74) is 2.24. The average molecular weight is 356 g/mol. The number of carbonyl (C=O) groups is 1. The third-order valence-corrected chi connectivity index (χ3v) is 6.38. The quantitative estimate of drug-likeness (QED) is 0.817. The highest BCUT2D eigenvalue weighted by Gasteiger charge is 2.41. The van der Waals surface area contributed by atoms with Crippen molar-refractivity contribution in [2.75, 3.05) is 19.7 Å². The molecular weight excluding hydrogens is 330 g/mol. The van der Waals surface area contributed by atoms with Crippen LogP contribution in [0.3, 0.4) is 0 Å². The zero-order valence-corrected chi connectivity index (χ0v) is 15.3. The summed E-state index contributed by atoms with van der Waals surface area (Å²) in [7, 11) is 0. The molecule has 0 bridgehead atoms. The Kier molecular flexibility index (Phi) is 4.91. The van der Waals surface area contributed by atoms with E-state index in [1.54, 1.807) is 11.3 Å². The Bertz CT molecular complexity index is 690. The highest BCUT2D eigenvalue weighted by Crippen LogP contribution is 2.39. The van der Waals surface area contributed by atoms with Gasteiger partial charge in [-0.2, -0.15) is 11.3 Å². The number of benzene rings is 1. The molecule has 2 aromatic rings. The molecule has 2 saturated heterocycles. The fraction of sp³-hybridized carbons (Fsp3) is 0.476. The minimum Gasteiger partial charge on any atom is -0.375 e. The molecule has 1 spiro atoms. The van der Waals surface area contributed by atoms with Crippen LogP contribution in [0.5, 0.6) is 0 Å². The molecule has 0 aliphatic carbocycles. The van der Waals surface area contributed by atoms with Crippen molar-refractivity contribution in [3.05, 3.63) is 58.3 Å². The van der Waals surface area contributed by atoms with E-state index in [9.17, 15) is 4.79 Å². The molecule has 4 heteroatoms. The Balaban J connectivity index is 1.36. The van der Waals surface area contributed by atoms with E-state index in [1.165, 1.54) is 5.56 Å². The third-order valence-electron chi connectivity index (χ3n) is 5.69. The molecule has 1 aromatic carbocycles. The van der Waals surface area contributed by atoms with Crippen LogP contribution in [-0.4, -0.2) is 36.1 Å². The van der Waals surface area contributed by atoms with E-state index in [-0.39, 0.29) is 11.5 Å². The summed E-state index contributed by atoms with van der Waals surface area (Å²) in [6.45, 7) is 2.48. The Morgan fingerprint density at radius 3 is 2.72 bits per heavy atom. The van der Waals surface area contributed by atoms with Crippen LogP contribution in [0.2, 0.25) is 0 Å². The smallest absolute Gasteiger partial charge is 0.254 e. The van der Waals surface area contributed by atoms with Gasteiger partial charge in [-0.3, -0.25) is 4.79 Å². The predicted molar refractivity (Wildman–Crippen MR) is 101 cm³/mol. The van der Waals surface area contributed by atoms with Crippen molar-refractivity contribution in [3.63, 3.8) is 0 Å². The first-order valence-electron chi connectivity index (χ1n) is 9.23. The summed E-state index contributed by atoms with van der Waals surface area (Å²) < 4.78 is 6.26. The number of piperidine rings is 1. The molecule has 25 heavy (non-hydrogen) atoms. The van der Waals surface area contributed by atoms with Gasteiger partial charge in [0, 0.05) is 25.1 Å². The van der Waals surface area contributed by atoms with Crippen LogP contribution in [0.25, 0.3) is 0 Å². The van der Waals surface area contributed by atoms with Crippen LogP contribution in [0.4, 0.5) is 0 Å². The molecule has 132 valence electrons. The predicted octanol–water partition coefficient (Wildman–Crippen LogP) is 4.39. The molecule has 2 aliphatic rings. The number of amides is 1. The number of rotatable bonds is 3. The van der Waals surface area contributed by atoms with E-state index < -0.39 is 0 Å². The topological polar surface area (TPSA) is 29.5 Å². The lowest BCUT2D eigenvalue weighted by Crippen LogP contribution is -2.51. The zero-order valence-electron chi connectivity index (χ0n) is 14.5. The van der Waals surface area contributed by atoms with Crippen molar-refractivity contribution in [3.8, 4) is 0 Å². The van der Waals surface area contributed by atoms with E-state index in [4.69, 9.17) is 4.74 Å². The molecule has 1 unspecified atom stereocenters. The molecular formula is C21H25NO2S. The summed E-state index contributed by atoms with van der Waals surface area (Å²) in [6.07, 6.45) is 5.35. The largest absolute Gasteiger partial charge is 0.375 e. The van der Waals surface area contributed by atoms with Crippen molar-refractivity contribution >= 4 is 17.2 Å². The maximum Gasteiger partial charge on any atom is 0.254 e. The lowest BCUT2D eigenvalue weighted by molar-refractivity contribution is -0.123. The minimum atomic E-state index is -0.0108. The number of nitrogens with zero attached hydrogens (tertiary/aromatic N) is 1. The number of likely N-dealkylation sites (tertiary alicyclic amines) is 1. The van der Waals surface area contributed by atoms with Gasteiger partial charge in [-0.1, -0.05) is 30.3 Å². The summed E-state index contributed by atoms with van der Waals surface area (Å²) in [5.74, 6) is 0.864. The van der Waals surface area contributed by atoms with Crippen LogP contribution in [0, 0.1) is 5.92 Å². The first-order chi connectivity index (χ1) is 12.2. The van der Waals surface area contributed by atoms with Crippen molar-refractivity contribution in [1.82, 2.24) is 4.90 Å². The van der Waals surface area contributed by atoms with Crippen molar-refractivity contribution in [1.29, 1.82) is 0 Å². The maximum absolute atomic E-state index is 12.5. The summed E-state index contributed by atoms with van der Waals surface area (Å²) >= 11 is 1.58. The average Bonchev–Trinajstić information content (AvgIpc) is 3.18. The van der Waals surface area contributed by atoms with Gasteiger partial charge >= 0.3 is 0 Å². The van der Waals surface area contributed by atoms with Gasteiger partial charge in [-0.05, 0) is 55.0 Å². The van der Waals surface area contributed by atoms with E-state index in [2.05, 4.69) is 30.3 Å².